The number of aromatic carboxylic acids is 1. The van der Waals surface area contributed by atoms with Crippen molar-refractivity contribution in [3.63, 3.8) is 0 Å². The van der Waals surface area contributed by atoms with E-state index in [2.05, 4.69) is 5.32 Å². The number of carboxylic acid groups (broad SMARTS) is 1. The summed E-state index contributed by atoms with van der Waals surface area (Å²) in [6.45, 7) is 0.0613. The number of carbonyl (C=O) groups is 2. The van der Waals surface area contributed by atoms with E-state index >= 15 is 0 Å². The highest BCUT2D eigenvalue weighted by molar-refractivity contribution is 6.54. The van der Waals surface area contributed by atoms with E-state index in [0.29, 0.717) is 10.6 Å². The Bertz CT molecular complexity index is 838. The molecule has 0 bridgehead atoms. The highest BCUT2D eigenvalue weighted by Gasteiger charge is 2.28. The summed E-state index contributed by atoms with van der Waals surface area (Å²) in [5.74, 6) is -2.22. The van der Waals surface area contributed by atoms with E-state index in [1.807, 2.05) is 0 Å². The summed E-state index contributed by atoms with van der Waals surface area (Å²) in [6, 6.07) is 6.86. The number of amides is 1. The molecule has 0 heterocycles. The second kappa shape index (κ2) is 7.81. The Kier molecular flexibility index (Phi) is 6.23. The monoisotopic (exact) mass is 425 g/mol. The van der Waals surface area contributed by atoms with Gasteiger partial charge >= 0.3 is 5.97 Å². The van der Waals surface area contributed by atoms with Crippen molar-refractivity contribution in [3.8, 4) is 0 Å². The third-order valence-corrected chi connectivity index (χ3v) is 5.28. The van der Waals surface area contributed by atoms with Gasteiger partial charge < -0.3 is 10.4 Å². The Hall–Kier alpha value is -1.17. The number of halogens is 5. The number of nitrogens with one attached hydrogen (secondary N) is 1. The second-order valence-electron chi connectivity index (χ2n) is 4.59. The maximum absolute atomic E-state index is 12.4. The minimum atomic E-state index is -1.46. The molecule has 0 saturated heterocycles. The third kappa shape index (κ3) is 3.73. The van der Waals surface area contributed by atoms with Gasteiger partial charge in [-0.15, -0.1) is 0 Å². The van der Waals surface area contributed by atoms with E-state index in [0.717, 1.165) is 0 Å². The molecule has 0 aliphatic heterocycles. The highest BCUT2D eigenvalue weighted by atomic mass is 35.5. The predicted molar refractivity (Wildman–Crippen MR) is 96.1 cm³/mol. The van der Waals surface area contributed by atoms with Crippen LogP contribution in [0.4, 0.5) is 0 Å². The Labute approximate surface area is 162 Å². The van der Waals surface area contributed by atoms with Gasteiger partial charge in [0, 0.05) is 11.6 Å². The molecule has 1 amide bonds. The average Bonchev–Trinajstić information content (AvgIpc) is 2.54. The molecule has 0 fully saturated rings. The molecule has 2 rings (SSSR count). The van der Waals surface area contributed by atoms with Gasteiger partial charge in [0.05, 0.1) is 31.2 Å². The van der Waals surface area contributed by atoms with Crippen molar-refractivity contribution in [2.24, 2.45) is 0 Å². The fraction of sp³-hybridized carbons (Fsp3) is 0.0667. The predicted octanol–water partition coefficient (Wildman–Crippen LogP) is 5.58. The number of benzene rings is 2. The minimum Gasteiger partial charge on any atom is -0.478 e. The van der Waals surface area contributed by atoms with Gasteiger partial charge in [-0.2, -0.15) is 0 Å². The maximum atomic E-state index is 12.4. The Morgan fingerprint density at radius 2 is 1.42 bits per heavy atom. The van der Waals surface area contributed by atoms with Gasteiger partial charge in [0.15, 0.2) is 0 Å². The minimum absolute atomic E-state index is 0.0613. The van der Waals surface area contributed by atoms with Crippen LogP contribution in [0.2, 0.25) is 25.1 Å². The van der Waals surface area contributed by atoms with Crippen LogP contribution < -0.4 is 5.32 Å². The zero-order chi connectivity index (χ0) is 18.0. The van der Waals surface area contributed by atoms with Crippen LogP contribution >= 0.6 is 58.0 Å². The van der Waals surface area contributed by atoms with E-state index in [1.165, 1.54) is 0 Å². The Morgan fingerprint density at radius 1 is 0.875 bits per heavy atom. The molecule has 126 valence electrons. The van der Waals surface area contributed by atoms with Crippen molar-refractivity contribution in [1.82, 2.24) is 5.32 Å². The Balaban J connectivity index is 2.42. The van der Waals surface area contributed by atoms with E-state index < -0.39 is 17.4 Å². The lowest BCUT2D eigenvalue weighted by atomic mass is 10.1. The van der Waals surface area contributed by atoms with Crippen molar-refractivity contribution in [1.29, 1.82) is 0 Å². The molecule has 0 unspecified atom stereocenters. The number of hydrogen-bond donors (Lipinski definition) is 2. The number of carbonyl (C=O) groups excluding carboxylic acids is 1. The van der Waals surface area contributed by atoms with Gasteiger partial charge in [0.2, 0.25) is 0 Å². The molecular formula is C15H8Cl5NO3. The molecule has 0 aromatic heterocycles. The number of rotatable bonds is 4. The summed E-state index contributed by atoms with van der Waals surface area (Å²) in [5, 5.41) is 11.2. The van der Waals surface area contributed by atoms with E-state index in [4.69, 9.17) is 58.0 Å². The molecule has 0 spiro atoms. The lowest BCUT2D eigenvalue weighted by Gasteiger charge is -2.14. The number of hydrogen-bond acceptors (Lipinski definition) is 2. The first-order chi connectivity index (χ1) is 11.3. The molecule has 2 aromatic carbocycles. The van der Waals surface area contributed by atoms with Crippen molar-refractivity contribution < 1.29 is 14.7 Å². The molecule has 0 aliphatic carbocycles. The molecule has 24 heavy (non-hydrogen) atoms. The smallest absolute Gasteiger partial charge is 0.338 e. The summed E-state index contributed by atoms with van der Waals surface area (Å²) < 4.78 is 0. The fourth-order valence-electron chi connectivity index (χ4n) is 1.95. The van der Waals surface area contributed by atoms with Crippen LogP contribution in [0, 0.1) is 0 Å². The van der Waals surface area contributed by atoms with Crippen LogP contribution in [-0.2, 0) is 6.54 Å². The van der Waals surface area contributed by atoms with Gasteiger partial charge in [-0.25, -0.2) is 4.79 Å². The van der Waals surface area contributed by atoms with Crippen LogP contribution in [0.15, 0.2) is 24.3 Å². The molecule has 9 heteroatoms. The molecule has 0 atom stereocenters. The van der Waals surface area contributed by atoms with E-state index in [1.54, 1.807) is 24.3 Å². The SMILES string of the molecule is O=C(O)c1c(Cl)c(Cl)c(Cl)c(Cl)c1C(=O)NCc1ccccc1Cl. The van der Waals surface area contributed by atoms with Crippen LogP contribution in [-0.4, -0.2) is 17.0 Å². The maximum Gasteiger partial charge on any atom is 0.338 e. The number of carboxylic acids is 1. The molecule has 4 nitrogen and oxygen atoms in total. The first kappa shape index (κ1) is 19.2. The van der Waals surface area contributed by atoms with Crippen molar-refractivity contribution in [2.75, 3.05) is 0 Å². The largest absolute Gasteiger partial charge is 0.478 e. The molecule has 2 aromatic rings. The van der Waals surface area contributed by atoms with Crippen molar-refractivity contribution in [2.45, 2.75) is 6.54 Å². The zero-order valence-corrected chi connectivity index (χ0v) is 15.4. The van der Waals surface area contributed by atoms with Crippen molar-refractivity contribution in [3.05, 3.63) is 66.1 Å². The molecule has 0 saturated carbocycles. The van der Waals surface area contributed by atoms with Crippen LogP contribution in [0.1, 0.15) is 26.3 Å². The van der Waals surface area contributed by atoms with Crippen LogP contribution in [0.3, 0.4) is 0 Å². The summed E-state index contributed by atoms with van der Waals surface area (Å²) in [5.41, 5.74) is -0.241. The normalized spacial score (nSPS) is 10.5. The van der Waals surface area contributed by atoms with Gasteiger partial charge in [-0.05, 0) is 11.6 Å². The first-order valence-corrected chi connectivity index (χ1v) is 8.25. The standard InChI is InChI=1S/C15H8Cl5NO3/c16-7-4-2-1-3-6(7)5-21-14(22)8-9(15(23)24)11(18)13(20)12(19)10(8)17/h1-4H,5H2,(H,21,22)(H,23,24). The van der Waals surface area contributed by atoms with Crippen molar-refractivity contribution >= 4 is 69.9 Å². The second-order valence-corrected chi connectivity index (χ2v) is 6.50. The Morgan fingerprint density at radius 3 is 1.96 bits per heavy atom. The summed E-state index contributed by atoms with van der Waals surface area (Å²) in [4.78, 5) is 23.9. The molecular weight excluding hydrogens is 419 g/mol. The third-order valence-electron chi connectivity index (χ3n) is 3.11. The molecule has 0 radical (unpaired) electrons. The van der Waals surface area contributed by atoms with Gasteiger partial charge in [0.25, 0.3) is 5.91 Å². The van der Waals surface area contributed by atoms with Crippen LogP contribution in [0.5, 0.6) is 0 Å². The quantitative estimate of drug-likeness (QED) is 0.494. The zero-order valence-electron chi connectivity index (χ0n) is 11.7. The summed E-state index contributed by atoms with van der Waals surface area (Å²) in [7, 11) is 0. The van der Waals surface area contributed by atoms with E-state index in [-0.39, 0.29) is 32.2 Å². The van der Waals surface area contributed by atoms with Crippen LogP contribution in [0.25, 0.3) is 0 Å². The van der Waals surface area contributed by atoms with E-state index in [9.17, 15) is 14.7 Å². The fourth-order valence-corrected chi connectivity index (χ4v) is 3.17. The average molecular weight is 427 g/mol. The van der Waals surface area contributed by atoms with Gasteiger partial charge in [0.1, 0.15) is 0 Å². The molecule has 0 aliphatic rings. The summed E-state index contributed by atoms with van der Waals surface area (Å²) in [6.07, 6.45) is 0. The lowest BCUT2D eigenvalue weighted by molar-refractivity contribution is 0.0691. The summed E-state index contributed by atoms with van der Waals surface area (Å²) >= 11 is 29.7. The topological polar surface area (TPSA) is 66.4 Å². The molecule has 2 N–H and O–H groups in total. The van der Waals surface area contributed by atoms with Gasteiger partial charge in [-0.3, -0.25) is 4.79 Å². The highest BCUT2D eigenvalue weighted by Crippen LogP contribution is 2.41. The lowest BCUT2D eigenvalue weighted by Crippen LogP contribution is -2.26. The van der Waals surface area contributed by atoms with Gasteiger partial charge in [-0.1, -0.05) is 76.2 Å². The first-order valence-electron chi connectivity index (χ1n) is 6.36.